The van der Waals surface area contributed by atoms with Crippen LogP contribution in [0.15, 0.2) is 49.2 Å². The van der Waals surface area contributed by atoms with Crippen LogP contribution in [-0.2, 0) is 5.41 Å². The number of aromatic nitrogens is 4. The molecule has 1 aliphatic carbocycles. The molecule has 0 aromatic carbocycles. The van der Waals surface area contributed by atoms with Crippen LogP contribution in [0.25, 0.3) is 5.69 Å². The first kappa shape index (κ1) is 19.4. The maximum Gasteiger partial charge on any atom is 0.414 e. The van der Waals surface area contributed by atoms with Crippen LogP contribution in [0.2, 0.25) is 0 Å². The van der Waals surface area contributed by atoms with Crippen molar-refractivity contribution < 1.29 is 18.7 Å². The summed E-state index contributed by atoms with van der Waals surface area (Å²) in [6.45, 7) is -0.224. The van der Waals surface area contributed by atoms with Crippen LogP contribution in [-0.4, -0.2) is 43.4 Å². The molecule has 3 aromatic heterocycles. The lowest BCUT2D eigenvalue weighted by atomic mass is 9.64. The molecular formula is C20H16F2N6O2. The van der Waals surface area contributed by atoms with Crippen molar-refractivity contribution in [3.8, 4) is 11.8 Å². The van der Waals surface area contributed by atoms with Crippen LogP contribution in [0.1, 0.15) is 24.1 Å². The van der Waals surface area contributed by atoms with Crippen molar-refractivity contribution in [2.24, 2.45) is 0 Å². The third kappa shape index (κ3) is 3.45. The molecule has 3 aromatic rings. The summed E-state index contributed by atoms with van der Waals surface area (Å²) in [5, 5.41) is 18.6. The van der Waals surface area contributed by atoms with Crippen molar-refractivity contribution >= 4 is 12.0 Å². The molecule has 1 amide bonds. The molecule has 152 valence electrons. The summed E-state index contributed by atoms with van der Waals surface area (Å²) in [4.78, 5) is 25.1. The molecule has 0 spiro atoms. The van der Waals surface area contributed by atoms with Crippen LogP contribution >= 0.6 is 0 Å². The summed E-state index contributed by atoms with van der Waals surface area (Å²) in [7, 11) is 0. The topological polar surface area (TPSA) is 108 Å². The summed E-state index contributed by atoms with van der Waals surface area (Å²) in [5.41, 5.74) is -0.0640. The summed E-state index contributed by atoms with van der Waals surface area (Å²) in [5.74, 6) is -0.719. The van der Waals surface area contributed by atoms with Crippen molar-refractivity contribution in [2.45, 2.75) is 24.4 Å². The van der Waals surface area contributed by atoms with Gasteiger partial charge in [0.2, 0.25) is 5.95 Å². The minimum Gasteiger partial charge on any atom is -0.465 e. The van der Waals surface area contributed by atoms with Crippen molar-refractivity contribution in [2.75, 3.05) is 11.4 Å². The second-order valence-electron chi connectivity index (χ2n) is 7.15. The van der Waals surface area contributed by atoms with Gasteiger partial charge in [-0.3, -0.25) is 4.98 Å². The van der Waals surface area contributed by atoms with E-state index in [1.807, 2.05) is 6.07 Å². The van der Waals surface area contributed by atoms with Gasteiger partial charge in [0.1, 0.15) is 18.1 Å². The normalized spacial score (nSPS) is 20.2. The summed E-state index contributed by atoms with van der Waals surface area (Å²) >= 11 is 0. The molecule has 1 aliphatic rings. The summed E-state index contributed by atoms with van der Waals surface area (Å²) in [6, 6.07) is 6.27. The second-order valence-corrected chi connectivity index (χ2v) is 7.15. The lowest BCUT2D eigenvalue weighted by Crippen LogP contribution is -2.53. The number of carboxylic acid groups (broad SMARTS) is 1. The van der Waals surface area contributed by atoms with Crippen molar-refractivity contribution in [1.82, 2.24) is 19.5 Å². The van der Waals surface area contributed by atoms with Crippen LogP contribution in [0.3, 0.4) is 0 Å². The Bertz CT molecular complexity index is 1120. The van der Waals surface area contributed by atoms with Crippen LogP contribution in [0.4, 0.5) is 19.5 Å². The van der Waals surface area contributed by atoms with E-state index in [0.717, 1.165) is 4.90 Å². The molecule has 0 bridgehead atoms. The second kappa shape index (κ2) is 7.51. The minimum atomic E-state index is -1.34. The van der Waals surface area contributed by atoms with E-state index in [1.54, 1.807) is 23.0 Å². The Morgan fingerprint density at radius 2 is 2.07 bits per heavy atom. The molecule has 3 heterocycles. The fourth-order valence-corrected chi connectivity index (χ4v) is 3.70. The van der Waals surface area contributed by atoms with E-state index in [9.17, 15) is 18.7 Å². The molecule has 1 N–H and O–H groups in total. The Kier molecular flexibility index (Phi) is 4.87. The predicted octanol–water partition coefficient (Wildman–Crippen LogP) is 3.23. The zero-order valence-electron chi connectivity index (χ0n) is 15.6. The van der Waals surface area contributed by atoms with Gasteiger partial charge < -0.3 is 9.67 Å². The Labute approximate surface area is 170 Å². The van der Waals surface area contributed by atoms with E-state index >= 15 is 0 Å². The standard InChI is InChI=1S/C20H16F2N6O2/c21-14-6-20(7-14,17-16(22)2-1-4-24-17)12-28(19(29)30)18-25-9-15(10-26-18)27-5-3-13(8-23)11-27/h1-5,9-11,14H,6-7,12H2,(H,29,30)/t14-,20-. The van der Waals surface area contributed by atoms with Gasteiger partial charge in [-0.15, -0.1) is 0 Å². The van der Waals surface area contributed by atoms with Gasteiger partial charge in [-0.05, 0) is 31.0 Å². The van der Waals surface area contributed by atoms with Gasteiger partial charge in [0, 0.05) is 30.6 Å². The number of hydrogen-bond donors (Lipinski definition) is 1. The Morgan fingerprint density at radius 3 is 2.63 bits per heavy atom. The van der Waals surface area contributed by atoms with E-state index in [0.29, 0.717) is 11.3 Å². The highest BCUT2D eigenvalue weighted by atomic mass is 19.1. The number of hydrogen-bond acceptors (Lipinski definition) is 5. The zero-order valence-corrected chi connectivity index (χ0v) is 15.6. The highest BCUT2D eigenvalue weighted by Gasteiger charge is 2.50. The smallest absolute Gasteiger partial charge is 0.414 e. The maximum absolute atomic E-state index is 14.4. The van der Waals surface area contributed by atoms with Gasteiger partial charge in [0.05, 0.1) is 29.3 Å². The lowest BCUT2D eigenvalue weighted by molar-refractivity contribution is 0.0900. The average molecular weight is 410 g/mol. The number of halogens is 2. The molecule has 0 atom stereocenters. The Balaban J connectivity index is 1.63. The number of nitriles is 1. The first-order valence-corrected chi connectivity index (χ1v) is 9.08. The fourth-order valence-electron chi connectivity index (χ4n) is 3.70. The number of pyridine rings is 1. The van der Waals surface area contributed by atoms with Crippen LogP contribution < -0.4 is 4.90 Å². The molecular weight excluding hydrogens is 394 g/mol. The first-order valence-electron chi connectivity index (χ1n) is 9.08. The van der Waals surface area contributed by atoms with Gasteiger partial charge in [-0.2, -0.15) is 5.26 Å². The molecule has 1 saturated carbocycles. The van der Waals surface area contributed by atoms with E-state index in [-0.39, 0.29) is 31.0 Å². The molecule has 30 heavy (non-hydrogen) atoms. The molecule has 1 fully saturated rings. The van der Waals surface area contributed by atoms with Crippen LogP contribution in [0, 0.1) is 17.1 Å². The van der Waals surface area contributed by atoms with Crippen LogP contribution in [0.5, 0.6) is 0 Å². The van der Waals surface area contributed by atoms with E-state index in [2.05, 4.69) is 15.0 Å². The quantitative estimate of drug-likeness (QED) is 0.692. The molecule has 0 aliphatic heterocycles. The van der Waals surface area contributed by atoms with E-state index < -0.39 is 23.5 Å². The first-order chi connectivity index (χ1) is 14.4. The number of carbonyl (C=O) groups is 1. The number of amides is 1. The van der Waals surface area contributed by atoms with Crippen molar-refractivity contribution in [3.63, 3.8) is 0 Å². The summed E-state index contributed by atoms with van der Waals surface area (Å²) < 4.78 is 29.8. The fraction of sp³-hybridized carbons (Fsp3) is 0.250. The van der Waals surface area contributed by atoms with Crippen molar-refractivity contribution in [1.29, 1.82) is 5.26 Å². The summed E-state index contributed by atoms with van der Waals surface area (Å²) in [6.07, 6.45) is 4.88. The van der Waals surface area contributed by atoms with Gasteiger partial charge in [0.25, 0.3) is 0 Å². The van der Waals surface area contributed by atoms with E-state index in [4.69, 9.17) is 5.26 Å². The van der Waals surface area contributed by atoms with Crippen molar-refractivity contribution in [3.05, 3.63) is 66.3 Å². The third-order valence-corrected chi connectivity index (χ3v) is 5.16. The third-order valence-electron chi connectivity index (χ3n) is 5.16. The predicted molar refractivity (Wildman–Crippen MR) is 101 cm³/mol. The Morgan fingerprint density at radius 1 is 1.33 bits per heavy atom. The Hall–Kier alpha value is -3.87. The van der Waals surface area contributed by atoms with E-state index in [1.165, 1.54) is 30.7 Å². The minimum absolute atomic E-state index is 0.0386. The molecule has 0 unspecified atom stereocenters. The molecule has 8 nitrogen and oxygen atoms in total. The number of nitrogens with zero attached hydrogens (tertiary/aromatic N) is 6. The molecule has 4 rings (SSSR count). The van der Waals surface area contributed by atoms with Gasteiger partial charge >= 0.3 is 6.09 Å². The lowest BCUT2D eigenvalue weighted by Gasteiger charge is -2.45. The number of rotatable bonds is 5. The highest BCUT2D eigenvalue weighted by molar-refractivity contribution is 5.83. The zero-order chi connectivity index (χ0) is 21.3. The highest BCUT2D eigenvalue weighted by Crippen LogP contribution is 2.46. The average Bonchev–Trinajstić information content (AvgIpc) is 3.20. The number of alkyl halides is 1. The maximum atomic E-state index is 14.4. The number of anilines is 1. The largest absolute Gasteiger partial charge is 0.465 e. The van der Waals surface area contributed by atoms with Gasteiger partial charge in [-0.25, -0.2) is 28.4 Å². The van der Waals surface area contributed by atoms with Gasteiger partial charge in [0.15, 0.2) is 0 Å². The van der Waals surface area contributed by atoms with Gasteiger partial charge in [-0.1, -0.05) is 0 Å². The molecule has 0 radical (unpaired) electrons. The molecule has 10 heteroatoms. The monoisotopic (exact) mass is 410 g/mol. The molecule has 0 saturated heterocycles. The SMILES string of the molecule is N#Cc1ccn(-c2cnc(N(C[C@]3(c4ncccc4F)C[C@H](F)C3)C(=O)O)nc2)c1.